The highest BCUT2D eigenvalue weighted by molar-refractivity contribution is 5.94. The van der Waals surface area contributed by atoms with E-state index in [4.69, 9.17) is 0 Å². The van der Waals surface area contributed by atoms with Gasteiger partial charge < -0.3 is 15.1 Å². The molecule has 39 heavy (non-hydrogen) atoms. The van der Waals surface area contributed by atoms with Crippen molar-refractivity contribution in [2.75, 3.05) is 46.8 Å². The van der Waals surface area contributed by atoms with Crippen LogP contribution in [0.25, 0.3) is 11.1 Å². The van der Waals surface area contributed by atoms with Crippen LogP contribution >= 0.6 is 0 Å². The van der Waals surface area contributed by atoms with Crippen LogP contribution in [0.3, 0.4) is 0 Å². The number of piperidine rings is 1. The molecule has 3 aromatic rings. The van der Waals surface area contributed by atoms with E-state index in [1.807, 2.05) is 12.1 Å². The molecule has 2 saturated heterocycles. The Morgan fingerprint density at radius 3 is 2.33 bits per heavy atom. The molecule has 206 valence electrons. The van der Waals surface area contributed by atoms with E-state index in [9.17, 15) is 4.79 Å². The monoisotopic (exact) mass is 525 g/mol. The van der Waals surface area contributed by atoms with Crippen molar-refractivity contribution in [3.05, 3.63) is 95.1 Å². The molecular weight excluding hydrogens is 480 g/mol. The van der Waals surface area contributed by atoms with E-state index >= 15 is 0 Å². The maximum atomic E-state index is 13.0. The Hall–Kier alpha value is -2.99. The lowest BCUT2D eigenvalue weighted by atomic mass is 9.89. The smallest absolute Gasteiger partial charge is 0.251 e. The van der Waals surface area contributed by atoms with Crippen LogP contribution in [0, 0.1) is 5.92 Å². The Bertz CT molecular complexity index is 1260. The fraction of sp³-hybridized carbons (Fsp3) is 0.441. The molecule has 0 aliphatic carbocycles. The van der Waals surface area contributed by atoms with E-state index in [-0.39, 0.29) is 5.91 Å². The number of amides is 1. The van der Waals surface area contributed by atoms with Crippen molar-refractivity contribution in [2.24, 2.45) is 5.92 Å². The maximum absolute atomic E-state index is 13.0. The zero-order valence-corrected chi connectivity index (χ0v) is 24.0. The molecule has 5 heteroatoms. The number of rotatable bonds is 8. The predicted octanol–water partition coefficient (Wildman–Crippen LogP) is 5.11. The second-order valence-electron chi connectivity index (χ2n) is 12.4. The first-order valence-corrected chi connectivity index (χ1v) is 14.7. The summed E-state index contributed by atoms with van der Waals surface area (Å²) in [5, 5.41) is 6.67. The predicted molar refractivity (Wildman–Crippen MR) is 161 cm³/mol. The molecule has 5 rings (SSSR count). The summed E-state index contributed by atoms with van der Waals surface area (Å²) in [7, 11) is 4.64. The molecule has 0 radical (unpaired) electrons. The summed E-state index contributed by atoms with van der Waals surface area (Å²) < 4.78 is 1.13. The molecule has 2 fully saturated rings. The van der Waals surface area contributed by atoms with Crippen LogP contribution in [-0.2, 0) is 19.5 Å². The summed E-state index contributed by atoms with van der Waals surface area (Å²) in [6.07, 6.45) is 3.59. The van der Waals surface area contributed by atoms with E-state index in [2.05, 4.69) is 97.2 Å². The second kappa shape index (κ2) is 12.5. The highest BCUT2D eigenvalue weighted by Gasteiger charge is 2.26. The van der Waals surface area contributed by atoms with E-state index in [1.54, 1.807) is 0 Å². The van der Waals surface area contributed by atoms with Crippen LogP contribution in [0.4, 0.5) is 0 Å². The Morgan fingerprint density at radius 2 is 1.59 bits per heavy atom. The van der Waals surface area contributed by atoms with Crippen molar-refractivity contribution in [3.63, 3.8) is 0 Å². The minimum absolute atomic E-state index is 0.00376. The van der Waals surface area contributed by atoms with Gasteiger partial charge in [0.05, 0.1) is 27.2 Å². The van der Waals surface area contributed by atoms with E-state index in [1.165, 1.54) is 48.2 Å². The number of hydrogen-bond acceptors (Lipinski definition) is 3. The fourth-order valence-corrected chi connectivity index (χ4v) is 6.11. The number of carbonyl (C=O) groups is 1. The zero-order valence-electron chi connectivity index (χ0n) is 24.0. The van der Waals surface area contributed by atoms with Gasteiger partial charge >= 0.3 is 0 Å². The van der Waals surface area contributed by atoms with Crippen molar-refractivity contribution in [1.29, 1.82) is 0 Å². The Labute approximate surface area is 234 Å². The minimum atomic E-state index is -0.00376. The van der Waals surface area contributed by atoms with Gasteiger partial charge in [-0.05, 0) is 84.2 Å². The van der Waals surface area contributed by atoms with E-state index in [0.717, 1.165) is 54.1 Å². The molecular formula is C34H45N4O+. The summed E-state index contributed by atoms with van der Waals surface area (Å²) in [4.78, 5) is 15.6. The quantitative estimate of drug-likeness (QED) is 0.402. The van der Waals surface area contributed by atoms with Gasteiger partial charge in [-0.1, -0.05) is 48.5 Å². The molecule has 2 aliphatic rings. The highest BCUT2D eigenvalue weighted by Crippen LogP contribution is 2.25. The molecule has 1 amide bonds. The van der Waals surface area contributed by atoms with Crippen molar-refractivity contribution in [1.82, 2.24) is 15.5 Å². The van der Waals surface area contributed by atoms with Gasteiger partial charge in [0.15, 0.2) is 0 Å². The number of likely N-dealkylation sites (tertiary alicyclic amines) is 1. The molecule has 2 aliphatic heterocycles. The first-order chi connectivity index (χ1) is 18.8. The first-order valence-electron chi connectivity index (χ1n) is 14.7. The van der Waals surface area contributed by atoms with Crippen molar-refractivity contribution in [3.8, 4) is 11.1 Å². The molecule has 5 nitrogen and oxygen atoms in total. The fourth-order valence-electron chi connectivity index (χ4n) is 6.11. The summed E-state index contributed by atoms with van der Waals surface area (Å²) in [6, 6.07) is 26.2. The average molecular weight is 526 g/mol. The molecule has 0 saturated carbocycles. The largest absolute Gasteiger partial charge is 0.348 e. The number of quaternary nitrogens is 1. The van der Waals surface area contributed by atoms with Gasteiger partial charge in [0.25, 0.3) is 5.91 Å². The topological polar surface area (TPSA) is 44.4 Å². The normalized spacial score (nSPS) is 20.0. The number of nitrogens with one attached hydrogen (secondary N) is 2. The van der Waals surface area contributed by atoms with E-state index in [0.29, 0.717) is 12.6 Å². The molecule has 3 aromatic carbocycles. The average Bonchev–Trinajstić information content (AvgIpc) is 2.93. The van der Waals surface area contributed by atoms with Crippen LogP contribution in [0.5, 0.6) is 0 Å². The zero-order chi connectivity index (χ0) is 27.2. The SMILES string of the molecule is C[C@H]1CN(Cc2cccc(-c3cccc(CNC(=O)c4cccc(CC5CC[N+](C)(C)CC5)c4)c3)c2)CCN1. The van der Waals surface area contributed by atoms with Gasteiger partial charge in [-0.3, -0.25) is 9.69 Å². The molecule has 0 spiro atoms. The van der Waals surface area contributed by atoms with Gasteiger partial charge in [-0.15, -0.1) is 0 Å². The van der Waals surface area contributed by atoms with Gasteiger partial charge in [-0.25, -0.2) is 0 Å². The van der Waals surface area contributed by atoms with Crippen LogP contribution < -0.4 is 10.6 Å². The molecule has 0 aromatic heterocycles. The summed E-state index contributed by atoms with van der Waals surface area (Å²) in [6.45, 7) is 9.45. The second-order valence-corrected chi connectivity index (χ2v) is 12.4. The van der Waals surface area contributed by atoms with Crippen LogP contribution in [0.1, 0.15) is 46.8 Å². The van der Waals surface area contributed by atoms with Gasteiger partial charge in [0.1, 0.15) is 0 Å². The third-order valence-corrected chi connectivity index (χ3v) is 8.50. The molecule has 0 unspecified atom stereocenters. The number of benzene rings is 3. The summed E-state index contributed by atoms with van der Waals surface area (Å²) in [5.74, 6) is 0.715. The van der Waals surface area contributed by atoms with E-state index < -0.39 is 0 Å². The number of carbonyl (C=O) groups excluding carboxylic acids is 1. The number of hydrogen-bond donors (Lipinski definition) is 2. The Morgan fingerprint density at radius 1 is 0.923 bits per heavy atom. The molecule has 2 N–H and O–H groups in total. The van der Waals surface area contributed by atoms with Gasteiger partial charge in [0.2, 0.25) is 0 Å². The van der Waals surface area contributed by atoms with Gasteiger partial charge in [-0.2, -0.15) is 0 Å². The van der Waals surface area contributed by atoms with Crippen molar-refractivity contribution in [2.45, 2.75) is 45.3 Å². The summed E-state index contributed by atoms with van der Waals surface area (Å²) >= 11 is 0. The van der Waals surface area contributed by atoms with Crippen LogP contribution in [0.2, 0.25) is 0 Å². The Kier molecular flexibility index (Phi) is 8.81. The van der Waals surface area contributed by atoms with Crippen molar-refractivity contribution >= 4 is 5.91 Å². The molecule has 0 bridgehead atoms. The van der Waals surface area contributed by atoms with Crippen LogP contribution in [0.15, 0.2) is 72.8 Å². The highest BCUT2D eigenvalue weighted by atomic mass is 16.1. The van der Waals surface area contributed by atoms with Gasteiger partial charge in [0, 0.05) is 44.3 Å². The number of piperazine rings is 1. The third kappa shape index (κ3) is 7.78. The maximum Gasteiger partial charge on any atom is 0.251 e. The standard InChI is InChI=1S/C34H44N4O/c1-26-24-37(16-15-35-26)25-30-9-6-11-32(22-30)31-10-5-8-29(21-31)23-36-34(39)33-12-4-7-28(20-33)19-27-13-17-38(2,3)18-14-27/h4-12,20-22,26-27,35H,13-19,23-25H2,1-3H3/p+1/t26-/m0/s1. The lowest BCUT2D eigenvalue weighted by Gasteiger charge is -2.37. The molecule has 2 heterocycles. The molecule has 1 atom stereocenters. The Balaban J connectivity index is 1.18. The lowest BCUT2D eigenvalue weighted by Crippen LogP contribution is -2.48. The lowest BCUT2D eigenvalue weighted by molar-refractivity contribution is -0.896. The van der Waals surface area contributed by atoms with Crippen LogP contribution in [-0.4, -0.2) is 68.2 Å². The van der Waals surface area contributed by atoms with Crippen molar-refractivity contribution < 1.29 is 9.28 Å². The third-order valence-electron chi connectivity index (χ3n) is 8.50. The number of nitrogens with zero attached hydrogens (tertiary/aromatic N) is 2. The minimum Gasteiger partial charge on any atom is -0.348 e. The first kappa shape index (κ1) is 27.6. The summed E-state index contributed by atoms with van der Waals surface area (Å²) in [5.41, 5.74) is 6.90.